The molecule has 20 heavy (non-hydrogen) atoms. The minimum Gasteiger partial charge on any atom is -0.397 e. The van der Waals surface area contributed by atoms with Crippen molar-refractivity contribution in [3.8, 4) is 0 Å². The standard InChI is InChI=1S/C14H20FN3O2/c15-10-4-5-13(12(16)8-10)17-14(20)9-18(6-7-19)11-2-1-3-11/h4-5,8,11,19H,1-3,6-7,9,16H2,(H,17,20). The summed E-state index contributed by atoms with van der Waals surface area (Å²) in [7, 11) is 0. The van der Waals surface area contributed by atoms with Gasteiger partial charge in [-0.15, -0.1) is 0 Å². The molecule has 0 aliphatic heterocycles. The molecular formula is C14H20FN3O2. The van der Waals surface area contributed by atoms with Gasteiger partial charge in [-0.1, -0.05) is 6.42 Å². The monoisotopic (exact) mass is 281 g/mol. The predicted octanol–water partition coefficient (Wildman–Crippen LogP) is 1.19. The van der Waals surface area contributed by atoms with Crippen LogP contribution in [0.2, 0.25) is 0 Å². The first-order valence-corrected chi connectivity index (χ1v) is 6.80. The van der Waals surface area contributed by atoms with Crippen LogP contribution in [0, 0.1) is 5.82 Å². The number of rotatable bonds is 6. The number of nitrogens with one attached hydrogen (secondary N) is 1. The summed E-state index contributed by atoms with van der Waals surface area (Å²) in [6.45, 7) is 0.724. The van der Waals surface area contributed by atoms with Crippen LogP contribution in [0.1, 0.15) is 19.3 Å². The number of anilines is 2. The van der Waals surface area contributed by atoms with Crippen LogP contribution in [0.15, 0.2) is 18.2 Å². The van der Waals surface area contributed by atoms with Gasteiger partial charge < -0.3 is 16.2 Å². The number of carbonyl (C=O) groups excluding carboxylic acids is 1. The highest BCUT2D eigenvalue weighted by Crippen LogP contribution is 2.24. The number of hydrogen-bond donors (Lipinski definition) is 3. The third kappa shape index (κ3) is 3.68. The molecule has 4 N–H and O–H groups in total. The Hall–Kier alpha value is -1.66. The van der Waals surface area contributed by atoms with Gasteiger partial charge in [0.15, 0.2) is 0 Å². The number of nitrogens with zero attached hydrogens (tertiary/aromatic N) is 1. The lowest BCUT2D eigenvalue weighted by atomic mass is 9.91. The molecule has 1 amide bonds. The van der Waals surface area contributed by atoms with Gasteiger partial charge in [-0.2, -0.15) is 0 Å². The molecule has 0 bridgehead atoms. The van der Waals surface area contributed by atoms with Crippen molar-refractivity contribution in [1.82, 2.24) is 4.90 Å². The highest BCUT2D eigenvalue weighted by molar-refractivity contribution is 5.95. The molecule has 1 saturated carbocycles. The summed E-state index contributed by atoms with van der Waals surface area (Å²) in [5.74, 6) is -0.638. The number of hydrogen-bond acceptors (Lipinski definition) is 4. The third-order valence-electron chi connectivity index (χ3n) is 3.61. The fourth-order valence-corrected chi connectivity index (χ4v) is 2.29. The summed E-state index contributed by atoms with van der Waals surface area (Å²) < 4.78 is 12.9. The molecule has 1 fully saturated rings. The van der Waals surface area contributed by atoms with Crippen LogP contribution in [0.3, 0.4) is 0 Å². The average Bonchev–Trinajstić information content (AvgIpc) is 2.31. The fourth-order valence-electron chi connectivity index (χ4n) is 2.29. The Balaban J connectivity index is 1.93. The number of aliphatic hydroxyl groups is 1. The molecule has 1 aromatic carbocycles. The molecule has 110 valence electrons. The zero-order valence-corrected chi connectivity index (χ0v) is 11.3. The lowest BCUT2D eigenvalue weighted by Crippen LogP contribution is -2.45. The molecule has 6 heteroatoms. The second-order valence-corrected chi connectivity index (χ2v) is 5.06. The van der Waals surface area contributed by atoms with Crippen LogP contribution in [0.5, 0.6) is 0 Å². The van der Waals surface area contributed by atoms with E-state index in [2.05, 4.69) is 5.32 Å². The van der Waals surface area contributed by atoms with Crippen molar-refractivity contribution in [1.29, 1.82) is 0 Å². The maximum absolute atomic E-state index is 12.9. The van der Waals surface area contributed by atoms with Gasteiger partial charge >= 0.3 is 0 Å². The molecule has 2 rings (SSSR count). The number of nitrogen functional groups attached to an aromatic ring is 1. The molecule has 1 aliphatic rings. The Morgan fingerprint density at radius 3 is 2.80 bits per heavy atom. The molecule has 0 aromatic heterocycles. The molecule has 1 aliphatic carbocycles. The summed E-state index contributed by atoms with van der Waals surface area (Å²) in [6.07, 6.45) is 3.29. The Morgan fingerprint density at radius 1 is 1.50 bits per heavy atom. The number of halogens is 1. The highest BCUT2D eigenvalue weighted by Gasteiger charge is 2.26. The summed E-state index contributed by atoms with van der Waals surface area (Å²) in [6, 6.07) is 4.25. The molecule has 5 nitrogen and oxygen atoms in total. The second-order valence-electron chi connectivity index (χ2n) is 5.06. The quantitative estimate of drug-likeness (QED) is 0.684. The van der Waals surface area contributed by atoms with Crippen molar-refractivity contribution in [2.45, 2.75) is 25.3 Å². The van der Waals surface area contributed by atoms with Crippen molar-refractivity contribution in [2.24, 2.45) is 0 Å². The number of aliphatic hydroxyl groups excluding tert-OH is 1. The number of carbonyl (C=O) groups is 1. The Bertz CT molecular complexity index is 477. The minimum absolute atomic E-state index is 0.0302. The van der Waals surface area contributed by atoms with Gasteiger partial charge in [0, 0.05) is 12.6 Å². The van der Waals surface area contributed by atoms with E-state index >= 15 is 0 Å². The average molecular weight is 281 g/mol. The Labute approximate surface area is 117 Å². The lowest BCUT2D eigenvalue weighted by Gasteiger charge is -2.36. The van der Waals surface area contributed by atoms with Gasteiger partial charge in [0.1, 0.15) is 5.82 Å². The van der Waals surface area contributed by atoms with Gasteiger partial charge in [-0.25, -0.2) is 4.39 Å². The first-order chi connectivity index (χ1) is 9.60. The van der Waals surface area contributed by atoms with Crippen molar-refractivity contribution < 1.29 is 14.3 Å². The van der Waals surface area contributed by atoms with E-state index < -0.39 is 5.82 Å². The summed E-state index contributed by atoms with van der Waals surface area (Å²) in [5, 5.41) is 11.7. The Kier molecular flexibility index (Phi) is 4.92. The predicted molar refractivity (Wildman–Crippen MR) is 75.7 cm³/mol. The van der Waals surface area contributed by atoms with Gasteiger partial charge in [0.25, 0.3) is 0 Å². The molecule has 1 aromatic rings. The molecule has 0 saturated heterocycles. The molecule has 0 atom stereocenters. The lowest BCUT2D eigenvalue weighted by molar-refractivity contribution is -0.118. The number of amides is 1. The van der Waals surface area contributed by atoms with E-state index in [9.17, 15) is 9.18 Å². The van der Waals surface area contributed by atoms with Gasteiger partial charge in [-0.3, -0.25) is 9.69 Å². The largest absolute Gasteiger partial charge is 0.397 e. The molecule has 0 radical (unpaired) electrons. The molecule has 0 unspecified atom stereocenters. The van der Waals surface area contributed by atoms with Crippen LogP contribution >= 0.6 is 0 Å². The van der Waals surface area contributed by atoms with E-state index in [-0.39, 0.29) is 24.7 Å². The zero-order valence-electron chi connectivity index (χ0n) is 11.3. The first-order valence-electron chi connectivity index (χ1n) is 6.80. The SMILES string of the molecule is Nc1cc(F)ccc1NC(=O)CN(CCO)C1CCC1. The van der Waals surface area contributed by atoms with E-state index in [1.165, 1.54) is 24.6 Å². The normalized spacial score (nSPS) is 15.2. The van der Waals surface area contributed by atoms with Crippen LogP contribution in [-0.2, 0) is 4.79 Å². The highest BCUT2D eigenvalue weighted by atomic mass is 19.1. The summed E-state index contributed by atoms with van der Waals surface area (Å²) in [5.41, 5.74) is 6.26. The van der Waals surface area contributed by atoms with Gasteiger partial charge in [0.2, 0.25) is 5.91 Å². The van der Waals surface area contributed by atoms with E-state index in [0.717, 1.165) is 12.8 Å². The van der Waals surface area contributed by atoms with Crippen LogP contribution in [-0.4, -0.2) is 41.7 Å². The minimum atomic E-state index is -0.433. The molecule has 0 heterocycles. The van der Waals surface area contributed by atoms with Crippen molar-refractivity contribution in [2.75, 3.05) is 30.7 Å². The van der Waals surface area contributed by atoms with E-state index in [1.807, 2.05) is 4.90 Å². The third-order valence-corrected chi connectivity index (χ3v) is 3.61. The maximum atomic E-state index is 12.9. The van der Waals surface area contributed by atoms with Crippen LogP contribution in [0.4, 0.5) is 15.8 Å². The van der Waals surface area contributed by atoms with Crippen molar-refractivity contribution in [3.63, 3.8) is 0 Å². The summed E-state index contributed by atoms with van der Waals surface area (Å²) in [4.78, 5) is 14.0. The van der Waals surface area contributed by atoms with Crippen molar-refractivity contribution >= 4 is 17.3 Å². The first kappa shape index (κ1) is 14.7. The molecular weight excluding hydrogens is 261 g/mol. The molecule has 0 spiro atoms. The number of nitrogens with two attached hydrogens (primary N) is 1. The fraction of sp³-hybridized carbons (Fsp3) is 0.500. The number of benzene rings is 1. The second kappa shape index (κ2) is 6.67. The zero-order chi connectivity index (χ0) is 14.5. The topological polar surface area (TPSA) is 78.6 Å². The van der Waals surface area contributed by atoms with Gasteiger partial charge in [0.05, 0.1) is 24.5 Å². The van der Waals surface area contributed by atoms with Crippen LogP contribution < -0.4 is 11.1 Å². The van der Waals surface area contributed by atoms with Crippen LogP contribution in [0.25, 0.3) is 0 Å². The van der Waals surface area contributed by atoms with E-state index in [1.54, 1.807) is 0 Å². The smallest absolute Gasteiger partial charge is 0.238 e. The maximum Gasteiger partial charge on any atom is 0.238 e. The van der Waals surface area contributed by atoms with Crippen molar-refractivity contribution in [3.05, 3.63) is 24.0 Å². The summed E-state index contributed by atoms with van der Waals surface area (Å²) >= 11 is 0. The van der Waals surface area contributed by atoms with Gasteiger partial charge in [-0.05, 0) is 31.0 Å². The Morgan fingerprint density at radius 2 is 2.25 bits per heavy atom. The van der Waals surface area contributed by atoms with E-state index in [4.69, 9.17) is 10.8 Å². The van der Waals surface area contributed by atoms with E-state index in [0.29, 0.717) is 18.3 Å².